The molecule has 0 radical (unpaired) electrons. The van der Waals surface area contributed by atoms with Crippen LogP contribution in [0.5, 0.6) is 23.0 Å². The second-order valence-corrected chi connectivity index (χ2v) is 12.3. The lowest BCUT2D eigenvalue weighted by Gasteiger charge is -2.38. The van der Waals surface area contributed by atoms with E-state index < -0.39 is 22.7 Å². The molecule has 46 heavy (non-hydrogen) atoms. The number of ether oxygens (including phenoxy) is 3. The Morgan fingerprint density at radius 2 is 1.26 bits per heavy atom. The lowest BCUT2D eigenvalue weighted by molar-refractivity contribution is 0.163. The van der Waals surface area contributed by atoms with E-state index in [2.05, 4.69) is 12.2 Å². The van der Waals surface area contributed by atoms with Crippen molar-refractivity contribution in [1.82, 2.24) is 0 Å². The Kier molecular flexibility index (Phi) is 6.30. The van der Waals surface area contributed by atoms with Crippen LogP contribution in [0.1, 0.15) is 41.7 Å². The van der Waals surface area contributed by atoms with E-state index in [1.54, 1.807) is 7.11 Å². The summed E-state index contributed by atoms with van der Waals surface area (Å²) < 4.78 is 49.1. The topological polar surface area (TPSA) is 27.7 Å². The summed E-state index contributed by atoms with van der Waals surface area (Å²) in [5, 5.41) is 1.76. The zero-order valence-corrected chi connectivity index (χ0v) is 25.6. The minimum absolute atomic E-state index is 0.497. The summed E-state index contributed by atoms with van der Waals surface area (Å²) in [6.45, 7) is 4.00. The molecule has 6 aromatic rings. The molecule has 8 rings (SSSR count). The molecule has 0 amide bonds. The van der Waals surface area contributed by atoms with Crippen LogP contribution >= 0.6 is 0 Å². The molecule has 6 aromatic carbocycles. The third-order valence-corrected chi connectivity index (χ3v) is 9.31. The molecule has 1 unspecified atom stereocenters. The van der Waals surface area contributed by atoms with Crippen LogP contribution < -0.4 is 14.2 Å². The Bertz CT molecular complexity index is 2170. The number of benzene rings is 6. The fourth-order valence-corrected chi connectivity index (χ4v) is 7.26. The van der Waals surface area contributed by atoms with Crippen molar-refractivity contribution >= 4 is 16.8 Å². The molecule has 3 nitrogen and oxygen atoms in total. The molecule has 0 aromatic heterocycles. The van der Waals surface area contributed by atoms with E-state index in [1.807, 2.05) is 117 Å². The molecule has 0 saturated carbocycles. The van der Waals surface area contributed by atoms with Crippen LogP contribution in [0.15, 0.2) is 121 Å². The monoisotopic (exact) mass is 608 g/mol. The largest absolute Gasteiger partial charge is 0.497 e. The van der Waals surface area contributed by atoms with Crippen molar-refractivity contribution in [2.24, 2.45) is 0 Å². The van der Waals surface area contributed by atoms with Gasteiger partial charge in [0.15, 0.2) is 5.60 Å². The summed E-state index contributed by atoms with van der Waals surface area (Å²) in [4.78, 5) is 0. The smallest absolute Gasteiger partial charge is 0.178 e. The summed E-state index contributed by atoms with van der Waals surface area (Å²) in [6, 6.07) is 35.8. The summed E-state index contributed by atoms with van der Waals surface area (Å²) in [6.07, 6.45) is 4.15. The van der Waals surface area contributed by atoms with E-state index in [0.29, 0.717) is 22.6 Å². The third kappa shape index (κ3) is 4.15. The first-order valence-corrected chi connectivity index (χ1v) is 15.3. The lowest BCUT2D eigenvalue weighted by atomic mass is 9.76. The van der Waals surface area contributed by atoms with Gasteiger partial charge in [0.2, 0.25) is 0 Å². The Morgan fingerprint density at radius 1 is 0.652 bits per heavy atom. The van der Waals surface area contributed by atoms with Gasteiger partial charge >= 0.3 is 0 Å². The quantitative estimate of drug-likeness (QED) is 0.195. The van der Waals surface area contributed by atoms with Crippen molar-refractivity contribution in [2.75, 3.05) is 7.11 Å². The Hall–Kier alpha value is -5.42. The van der Waals surface area contributed by atoms with Gasteiger partial charge in [-0.25, -0.2) is 8.78 Å². The molecule has 5 heteroatoms. The van der Waals surface area contributed by atoms with Crippen molar-refractivity contribution in [3.8, 4) is 34.1 Å². The zero-order valence-electron chi connectivity index (χ0n) is 25.6. The SMILES string of the molecule is COc1ccc(C2(c3ccc(Oc4ccccc4)cc3)C=Cc3c4c(c5ccccc5c3O2)-c2cc(F)cc(F)c2C4(C)C)cc1. The van der Waals surface area contributed by atoms with Gasteiger partial charge in [-0.3, -0.25) is 0 Å². The van der Waals surface area contributed by atoms with Crippen LogP contribution in [0.25, 0.3) is 28.0 Å². The number of hydrogen-bond acceptors (Lipinski definition) is 3. The van der Waals surface area contributed by atoms with E-state index in [9.17, 15) is 4.39 Å². The summed E-state index contributed by atoms with van der Waals surface area (Å²) >= 11 is 0. The predicted octanol–water partition coefficient (Wildman–Crippen LogP) is 10.6. The molecular weight excluding hydrogens is 578 g/mol. The molecular formula is C41H30F2O3. The van der Waals surface area contributed by atoms with Crippen LogP contribution in [0, 0.1) is 11.6 Å². The van der Waals surface area contributed by atoms with Crippen molar-refractivity contribution in [3.05, 3.63) is 161 Å². The molecule has 1 atom stereocenters. The number of methoxy groups -OCH3 is 1. The highest BCUT2D eigenvalue weighted by atomic mass is 19.1. The van der Waals surface area contributed by atoms with E-state index in [1.165, 1.54) is 6.07 Å². The average molecular weight is 609 g/mol. The van der Waals surface area contributed by atoms with Crippen molar-refractivity contribution in [1.29, 1.82) is 0 Å². The molecule has 0 spiro atoms. The molecule has 1 aliphatic heterocycles. The molecule has 0 fully saturated rings. The third-order valence-electron chi connectivity index (χ3n) is 9.31. The lowest BCUT2D eigenvalue weighted by Crippen LogP contribution is -2.35. The van der Waals surface area contributed by atoms with E-state index in [-0.39, 0.29) is 0 Å². The van der Waals surface area contributed by atoms with Gasteiger partial charge in [-0.15, -0.1) is 0 Å². The van der Waals surface area contributed by atoms with Gasteiger partial charge < -0.3 is 14.2 Å². The van der Waals surface area contributed by atoms with Crippen LogP contribution in [0.3, 0.4) is 0 Å². The van der Waals surface area contributed by atoms with Crippen LogP contribution in [-0.2, 0) is 11.0 Å². The Balaban J connectivity index is 1.34. The normalized spacial score (nSPS) is 17.2. The number of halogens is 2. The zero-order chi connectivity index (χ0) is 31.6. The molecule has 0 N–H and O–H groups in total. The fourth-order valence-electron chi connectivity index (χ4n) is 7.26. The number of para-hydroxylation sites is 1. The standard InChI is InChI=1S/C41H30F2O3/c1-40(2)37-34(23-27(42)24-35(37)43)36-31-11-7-8-12-32(31)39-33(38(36)40)21-22-41(46-39,25-13-17-28(44-3)18-14-25)26-15-19-30(20-16-26)45-29-9-5-4-6-10-29/h4-24H,1-3H3. The molecule has 1 heterocycles. The first-order chi connectivity index (χ1) is 22.3. The van der Waals surface area contributed by atoms with Gasteiger partial charge in [-0.2, -0.15) is 0 Å². The van der Waals surface area contributed by atoms with Crippen molar-refractivity contribution in [3.63, 3.8) is 0 Å². The van der Waals surface area contributed by atoms with E-state index >= 15 is 4.39 Å². The summed E-state index contributed by atoms with van der Waals surface area (Å²) in [5.41, 5.74) is 3.79. The van der Waals surface area contributed by atoms with Gasteiger partial charge in [0.25, 0.3) is 0 Å². The van der Waals surface area contributed by atoms with E-state index in [4.69, 9.17) is 14.2 Å². The molecule has 1 aliphatic carbocycles. The molecule has 0 saturated heterocycles. The van der Waals surface area contributed by atoms with Crippen LogP contribution in [0.4, 0.5) is 8.78 Å². The van der Waals surface area contributed by atoms with Gasteiger partial charge in [-0.05, 0) is 70.6 Å². The first kappa shape index (κ1) is 28.1. The first-order valence-electron chi connectivity index (χ1n) is 15.3. The maximum absolute atomic E-state index is 15.5. The Morgan fingerprint density at radius 3 is 1.93 bits per heavy atom. The summed E-state index contributed by atoms with van der Waals surface area (Å²) in [5.74, 6) is 1.76. The van der Waals surface area contributed by atoms with Gasteiger partial charge in [0.1, 0.15) is 34.6 Å². The van der Waals surface area contributed by atoms with Crippen molar-refractivity contribution < 1.29 is 23.0 Å². The van der Waals surface area contributed by atoms with Gasteiger partial charge in [0.05, 0.1) is 7.11 Å². The van der Waals surface area contributed by atoms with Crippen LogP contribution in [0.2, 0.25) is 0 Å². The average Bonchev–Trinajstić information content (AvgIpc) is 3.32. The maximum Gasteiger partial charge on any atom is 0.178 e. The van der Waals surface area contributed by atoms with Gasteiger partial charge in [-0.1, -0.05) is 86.7 Å². The highest BCUT2D eigenvalue weighted by Gasteiger charge is 2.45. The second-order valence-electron chi connectivity index (χ2n) is 12.3. The number of hydrogen-bond donors (Lipinski definition) is 0. The molecule has 2 aliphatic rings. The van der Waals surface area contributed by atoms with E-state index in [0.717, 1.165) is 56.2 Å². The van der Waals surface area contributed by atoms with Crippen LogP contribution in [-0.4, -0.2) is 7.11 Å². The Labute approximate surface area is 266 Å². The predicted molar refractivity (Wildman–Crippen MR) is 178 cm³/mol. The highest BCUT2D eigenvalue weighted by Crippen LogP contribution is 2.58. The fraction of sp³-hybridized carbons (Fsp3) is 0.122. The molecule has 226 valence electrons. The summed E-state index contributed by atoms with van der Waals surface area (Å²) in [7, 11) is 1.64. The number of rotatable bonds is 5. The van der Waals surface area contributed by atoms with Gasteiger partial charge in [0, 0.05) is 39.1 Å². The maximum atomic E-state index is 15.5. The second kappa shape index (κ2) is 10.3. The van der Waals surface area contributed by atoms with Crippen molar-refractivity contribution in [2.45, 2.75) is 24.9 Å². The minimum atomic E-state index is -1.01. The highest BCUT2D eigenvalue weighted by molar-refractivity contribution is 6.08. The molecule has 0 bridgehead atoms. The number of fused-ring (bicyclic) bond motifs is 8. The minimum Gasteiger partial charge on any atom is -0.497 e.